The monoisotopic (exact) mass is 212 g/mol. The third-order valence-corrected chi connectivity index (χ3v) is 2.99. The highest BCUT2D eigenvalue weighted by Crippen LogP contribution is 2.29. The van der Waals surface area contributed by atoms with Crippen LogP contribution in [0, 0.1) is 5.82 Å². The predicted octanol–water partition coefficient (Wildman–Crippen LogP) is 3.39. The van der Waals surface area contributed by atoms with Crippen LogP contribution in [-0.4, -0.2) is 5.78 Å². The zero-order valence-electron chi connectivity index (χ0n) is 7.65. The number of fused-ring (bicyclic) bond motifs is 1. The summed E-state index contributed by atoms with van der Waals surface area (Å²) < 4.78 is 13.1. The van der Waals surface area contributed by atoms with Gasteiger partial charge in [-0.3, -0.25) is 4.79 Å². The molecule has 0 aliphatic heterocycles. The average Bonchev–Trinajstić information content (AvgIpc) is 2.35. The normalized spacial score (nSPS) is 16.3. The molecule has 1 aromatic carbocycles. The summed E-state index contributed by atoms with van der Waals surface area (Å²) in [6, 6.07) is 2.81. The van der Waals surface area contributed by atoms with Crippen LogP contribution in [0.25, 0.3) is 0 Å². The first kappa shape index (κ1) is 9.66. The second-order valence-corrected chi connectivity index (χ2v) is 3.90. The highest BCUT2D eigenvalue weighted by molar-refractivity contribution is 6.32. The van der Waals surface area contributed by atoms with Gasteiger partial charge in [-0.2, -0.15) is 0 Å². The standard InChI is InChI=1S/C11H10ClFO/c12-11-8-3-1-2-4-10(14)7(8)5-6-9(11)13/h5-6H,1-4H2. The maximum absolute atomic E-state index is 13.1. The van der Waals surface area contributed by atoms with Gasteiger partial charge in [-0.15, -0.1) is 0 Å². The number of hydrogen-bond donors (Lipinski definition) is 0. The second kappa shape index (κ2) is 3.70. The Hall–Kier alpha value is -0.890. The van der Waals surface area contributed by atoms with Gasteiger partial charge in [0.15, 0.2) is 5.78 Å². The summed E-state index contributed by atoms with van der Waals surface area (Å²) in [4.78, 5) is 11.6. The topological polar surface area (TPSA) is 17.1 Å². The Morgan fingerprint density at radius 2 is 1.93 bits per heavy atom. The maximum atomic E-state index is 13.1. The fourth-order valence-electron chi connectivity index (χ4n) is 1.82. The molecule has 2 rings (SSSR count). The van der Waals surface area contributed by atoms with Crippen LogP contribution in [0.1, 0.15) is 35.2 Å². The van der Waals surface area contributed by atoms with Crippen molar-refractivity contribution < 1.29 is 9.18 Å². The Kier molecular flexibility index (Phi) is 2.55. The smallest absolute Gasteiger partial charge is 0.163 e. The first-order chi connectivity index (χ1) is 6.70. The summed E-state index contributed by atoms with van der Waals surface area (Å²) in [6.07, 6.45) is 3.03. The van der Waals surface area contributed by atoms with Gasteiger partial charge >= 0.3 is 0 Å². The zero-order chi connectivity index (χ0) is 10.1. The van der Waals surface area contributed by atoms with Crippen molar-refractivity contribution in [3.8, 4) is 0 Å². The molecule has 0 bridgehead atoms. The number of carbonyl (C=O) groups excluding carboxylic acids is 1. The molecule has 0 amide bonds. The lowest BCUT2D eigenvalue weighted by atomic mass is 10.0. The van der Waals surface area contributed by atoms with Gasteiger partial charge in [0.25, 0.3) is 0 Å². The lowest BCUT2D eigenvalue weighted by molar-refractivity contribution is 0.0982. The van der Waals surface area contributed by atoms with Crippen LogP contribution in [0.4, 0.5) is 4.39 Å². The van der Waals surface area contributed by atoms with Crippen LogP contribution in [0.15, 0.2) is 12.1 Å². The first-order valence-corrected chi connectivity index (χ1v) is 5.08. The average molecular weight is 213 g/mol. The molecule has 0 atom stereocenters. The van der Waals surface area contributed by atoms with E-state index in [2.05, 4.69) is 0 Å². The van der Waals surface area contributed by atoms with Crippen molar-refractivity contribution in [3.05, 3.63) is 34.1 Å². The summed E-state index contributed by atoms with van der Waals surface area (Å²) in [5, 5.41) is 0.123. The van der Waals surface area contributed by atoms with E-state index >= 15 is 0 Å². The van der Waals surface area contributed by atoms with E-state index in [9.17, 15) is 9.18 Å². The van der Waals surface area contributed by atoms with Crippen molar-refractivity contribution >= 4 is 17.4 Å². The molecule has 0 N–H and O–H groups in total. The van der Waals surface area contributed by atoms with E-state index in [0.717, 1.165) is 12.8 Å². The number of benzene rings is 1. The summed E-state index contributed by atoms with van der Waals surface area (Å²) in [7, 11) is 0. The van der Waals surface area contributed by atoms with Crippen LogP contribution < -0.4 is 0 Å². The molecular weight excluding hydrogens is 203 g/mol. The third-order valence-electron chi connectivity index (χ3n) is 2.58. The van der Waals surface area contributed by atoms with Gasteiger partial charge in [-0.25, -0.2) is 4.39 Å². The summed E-state index contributed by atoms with van der Waals surface area (Å²) in [6.45, 7) is 0. The quantitative estimate of drug-likeness (QED) is 0.603. The van der Waals surface area contributed by atoms with Gasteiger partial charge in [0.1, 0.15) is 5.82 Å². The van der Waals surface area contributed by atoms with Crippen LogP contribution in [0.5, 0.6) is 0 Å². The number of rotatable bonds is 0. The Labute approximate surface area is 86.9 Å². The molecule has 0 saturated heterocycles. The minimum atomic E-state index is -0.430. The molecule has 14 heavy (non-hydrogen) atoms. The molecule has 0 fully saturated rings. The molecule has 0 heterocycles. The number of Topliss-reactive ketones (excluding diaryl/α,β-unsaturated/α-hetero) is 1. The van der Waals surface area contributed by atoms with E-state index in [1.165, 1.54) is 6.07 Å². The van der Waals surface area contributed by atoms with E-state index < -0.39 is 5.82 Å². The number of ketones is 1. The first-order valence-electron chi connectivity index (χ1n) is 4.70. The molecule has 0 spiro atoms. The van der Waals surface area contributed by atoms with Gasteiger partial charge in [0, 0.05) is 12.0 Å². The maximum Gasteiger partial charge on any atom is 0.163 e. The Morgan fingerprint density at radius 1 is 1.21 bits per heavy atom. The Balaban J connectivity index is 2.58. The second-order valence-electron chi connectivity index (χ2n) is 3.52. The number of hydrogen-bond acceptors (Lipinski definition) is 1. The van der Waals surface area contributed by atoms with Gasteiger partial charge in [0.2, 0.25) is 0 Å². The molecule has 1 nitrogen and oxygen atoms in total. The number of halogens is 2. The summed E-state index contributed by atoms with van der Waals surface area (Å²) in [5.74, 6) is -0.348. The molecule has 74 valence electrons. The Bertz CT molecular complexity index is 387. The van der Waals surface area contributed by atoms with E-state index in [0.29, 0.717) is 24.0 Å². The molecule has 0 saturated carbocycles. The summed E-state index contributed by atoms with van der Waals surface area (Å²) in [5.41, 5.74) is 1.29. The molecule has 1 aromatic rings. The minimum absolute atomic E-state index is 0.0828. The molecule has 3 heteroatoms. The van der Waals surface area contributed by atoms with Crippen molar-refractivity contribution in [2.75, 3.05) is 0 Å². The lowest BCUT2D eigenvalue weighted by Crippen LogP contribution is -2.01. The highest BCUT2D eigenvalue weighted by atomic mass is 35.5. The van der Waals surface area contributed by atoms with Crippen LogP contribution in [0.3, 0.4) is 0 Å². The minimum Gasteiger partial charge on any atom is -0.294 e. The van der Waals surface area contributed by atoms with Gasteiger partial charge in [0.05, 0.1) is 5.02 Å². The predicted molar refractivity (Wildman–Crippen MR) is 53.3 cm³/mol. The van der Waals surface area contributed by atoms with E-state index in [4.69, 9.17) is 11.6 Å². The van der Waals surface area contributed by atoms with Crippen molar-refractivity contribution in [3.63, 3.8) is 0 Å². The molecular formula is C11H10ClFO. The van der Waals surface area contributed by atoms with E-state index in [1.807, 2.05) is 0 Å². The SMILES string of the molecule is O=C1CCCCc2c1ccc(F)c2Cl. The molecule has 0 radical (unpaired) electrons. The highest BCUT2D eigenvalue weighted by Gasteiger charge is 2.19. The molecule has 1 aliphatic rings. The fourth-order valence-corrected chi connectivity index (χ4v) is 2.08. The zero-order valence-corrected chi connectivity index (χ0v) is 8.40. The van der Waals surface area contributed by atoms with Crippen molar-refractivity contribution in [2.45, 2.75) is 25.7 Å². The Morgan fingerprint density at radius 3 is 2.71 bits per heavy atom. The van der Waals surface area contributed by atoms with Gasteiger partial charge < -0.3 is 0 Å². The van der Waals surface area contributed by atoms with Gasteiger partial charge in [-0.1, -0.05) is 11.6 Å². The van der Waals surface area contributed by atoms with Crippen molar-refractivity contribution in [2.24, 2.45) is 0 Å². The van der Waals surface area contributed by atoms with Gasteiger partial charge in [-0.05, 0) is 37.0 Å². The van der Waals surface area contributed by atoms with Crippen molar-refractivity contribution in [1.29, 1.82) is 0 Å². The molecule has 1 aliphatic carbocycles. The van der Waals surface area contributed by atoms with Crippen LogP contribution in [-0.2, 0) is 6.42 Å². The molecule has 0 unspecified atom stereocenters. The van der Waals surface area contributed by atoms with Crippen LogP contribution in [0.2, 0.25) is 5.02 Å². The summed E-state index contributed by atoms with van der Waals surface area (Å²) >= 11 is 5.82. The lowest BCUT2D eigenvalue weighted by Gasteiger charge is -2.06. The largest absolute Gasteiger partial charge is 0.294 e. The van der Waals surface area contributed by atoms with E-state index in [-0.39, 0.29) is 10.8 Å². The van der Waals surface area contributed by atoms with E-state index in [1.54, 1.807) is 6.07 Å². The number of carbonyl (C=O) groups is 1. The third kappa shape index (κ3) is 1.55. The van der Waals surface area contributed by atoms with Crippen molar-refractivity contribution in [1.82, 2.24) is 0 Å². The molecule has 0 aromatic heterocycles. The fraction of sp³-hybridized carbons (Fsp3) is 0.364. The van der Waals surface area contributed by atoms with Crippen LogP contribution >= 0.6 is 11.6 Å².